The van der Waals surface area contributed by atoms with Crippen LogP contribution in [0.5, 0.6) is 0 Å². The number of hydrogen-bond donors (Lipinski definition) is 2. The van der Waals surface area contributed by atoms with Crippen LogP contribution in [0.4, 0.5) is 0 Å². The summed E-state index contributed by atoms with van der Waals surface area (Å²) in [7, 11) is 0. The van der Waals surface area contributed by atoms with Crippen molar-refractivity contribution in [3.05, 3.63) is 59.3 Å². The van der Waals surface area contributed by atoms with Crippen molar-refractivity contribution in [2.45, 2.75) is 6.10 Å². The molecule has 0 aliphatic carbocycles. The highest BCUT2D eigenvalue weighted by Crippen LogP contribution is 2.21. The van der Waals surface area contributed by atoms with Gasteiger partial charge in [-0.3, -0.25) is 0 Å². The maximum absolute atomic E-state index is 9.54. The van der Waals surface area contributed by atoms with Crippen LogP contribution in [-0.4, -0.2) is 10.2 Å². The molecule has 0 aliphatic heterocycles. The van der Waals surface area contributed by atoms with Crippen LogP contribution in [0, 0.1) is 6.57 Å². The van der Waals surface area contributed by atoms with E-state index in [9.17, 15) is 5.11 Å². The van der Waals surface area contributed by atoms with Crippen LogP contribution in [0.25, 0.3) is 4.85 Å². The fourth-order valence-electron chi connectivity index (χ4n) is 0.967. The van der Waals surface area contributed by atoms with Crippen molar-refractivity contribution in [2.24, 2.45) is 0 Å². The molecule has 1 aromatic rings. The second kappa shape index (κ2) is 4.29. The van der Waals surface area contributed by atoms with Gasteiger partial charge >= 0.3 is 0 Å². The molecule has 0 radical (unpaired) electrons. The summed E-state index contributed by atoms with van der Waals surface area (Å²) in [5, 5.41) is 18.2. The zero-order valence-electron chi connectivity index (χ0n) is 6.88. The van der Waals surface area contributed by atoms with Gasteiger partial charge in [-0.05, 0) is 5.56 Å². The molecule has 0 amide bonds. The van der Waals surface area contributed by atoms with E-state index >= 15 is 0 Å². The summed E-state index contributed by atoms with van der Waals surface area (Å²) in [6, 6.07) is 8.73. The monoisotopic (exact) mass is 175 g/mol. The van der Waals surface area contributed by atoms with Gasteiger partial charge in [0.1, 0.15) is 6.10 Å². The van der Waals surface area contributed by atoms with E-state index in [1.165, 1.54) is 0 Å². The summed E-state index contributed by atoms with van der Waals surface area (Å²) in [5.74, 6) is 0. The highest BCUT2D eigenvalue weighted by Gasteiger charge is 2.13. The van der Waals surface area contributed by atoms with E-state index in [1.54, 1.807) is 24.3 Å². The van der Waals surface area contributed by atoms with Gasteiger partial charge in [0.2, 0.25) is 5.70 Å². The van der Waals surface area contributed by atoms with Gasteiger partial charge in [0, 0.05) is 0 Å². The molecule has 0 fully saturated rings. The van der Waals surface area contributed by atoms with Gasteiger partial charge < -0.3 is 10.2 Å². The number of aliphatic hydroxyl groups excluding tert-OH is 2. The minimum absolute atomic E-state index is 0.0776. The van der Waals surface area contributed by atoms with E-state index in [0.29, 0.717) is 11.8 Å². The van der Waals surface area contributed by atoms with Crippen molar-refractivity contribution in [1.29, 1.82) is 0 Å². The van der Waals surface area contributed by atoms with Crippen LogP contribution >= 0.6 is 0 Å². The van der Waals surface area contributed by atoms with Gasteiger partial charge in [-0.15, -0.1) is 0 Å². The lowest BCUT2D eigenvalue weighted by Gasteiger charge is -2.07. The molecule has 66 valence electrons. The predicted molar refractivity (Wildman–Crippen MR) is 48.7 cm³/mol. The number of hydrogen-bond acceptors (Lipinski definition) is 2. The Hall–Kier alpha value is -1.79. The van der Waals surface area contributed by atoms with Gasteiger partial charge in [-0.2, -0.15) is 0 Å². The van der Waals surface area contributed by atoms with E-state index in [4.69, 9.17) is 11.7 Å². The van der Waals surface area contributed by atoms with Crippen LogP contribution in [-0.2, 0) is 0 Å². The second-order valence-corrected chi connectivity index (χ2v) is 2.48. The summed E-state index contributed by atoms with van der Waals surface area (Å²) < 4.78 is 0. The van der Waals surface area contributed by atoms with Crippen LogP contribution in [0.1, 0.15) is 11.7 Å². The zero-order valence-corrected chi connectivity index (χ0v) is 6.88. The van der Waals surface area contributed by atoms with Crippen molar-refractivity contribution >= 4 is 0 Å². The van der Waals surface area contributed by atoms with Crippen molar-refractivity contribution in [1.82, 2.24) is 0 Å². The summed E-state index contributed by atoms with van der Waals surface area (Å²) in [6.07, 6.45) is -0.409. The molecule has 0 aromatic heterocycles. The number of rotatable bonds is 2. The molecule has 13 heavy (non-hydrogen) atoms. The quantitative estimate of drug-likeness (QED) is 0.533. The highest BCUT2D eigenvalue weighted by atomic mass is 16.3. The van der Waals surface area contributed by atoms with Gasteiger partial charge in [0.05, 0.1) is 12.8 Å². The first-order valence-electron chi connectivity index (χ1n) is 3.74. The molecular formula is C10H9NO2. The van der Waals surface area contributed by atoms with Gasteiger partial charge in [0.15, 0.2) is 0 Å². The lowest BCUT2D eigenvalue weighted by Crippen LogP contribution is -1.98. The van der Waals surface area contributed by atoms with E-state index < -0.39 is 6.10 Å². The Morgan fingerprint density at radius 2 is 2.00 bits per heavy atom. The maximum atomic E-state index is 9.54. The largest absolute Gasteiger partial charge is 0.527 e. The summed E-state index contributed by atoms with van der Waals surface area (Å²) in [4.78, 5) is 2.99. The molecular weight excluding hydrogens is 166 g/mol. The fourth-order valence-corrected chi connectivity index (χ4v) is 0.967. The summed E-state index contributed by atoms with van der Waals surface area (Å²) in [5.41, 5.74) is 0.519. The molecule has 0 heterocycles. The smallest absolute Gasteiger partial charge is 0.230 e. The van der Waals surface area contributed by atoms with Gasteiger partial charge in [-0.25, -0.2) is 4.85 Å². The normalized spacial score (nSPS) is 13.4. The molecule has 0 spiro atoms. The molecule has 1 unspecified atom stereocenters. The number of benzene rings is 1. The van der Waals surface area contributed by atoms with Gasteiger partial charge in [0.25, 0.3) is 0 Å². The minimum atomic E-state index is -1.04. The van der Waals surface area contributed by atoms with Crippen LogP contribution in [0.3, 0.4) is 0 Å². The van der Waals surface area contributed by atoms with Crippen molar-refractivity contribution in [3.8, 4) is 0 Å². The highest BCUT2D eigenvalue weighted by molar-refractivity contribution is 5.27. The molecule has 2 N–H and O–H groups in total. The molecule has 0 saturated carbocycles. The predicted octanol–water partition coefficient (Wildman–Crippen LogP) is 2.04. The summed E-state index contributed by atoms with van der Waals surface area (Å²) >= 11 is 0. The third kappa shape index (κ3) is 2.08. The Morgan fingerprint density at radius 3 is 2.46 bits per heavy atom. The van der Waals surface area contributed by atoms with Crippen molar-refractivity contribution < 1.29 is 10.2 Å². The van der Waals surface area contributed by atoms with Crippen LogP contribution in [0.15, 0.2) is 42.3 Å². The Bertz CT molecular complexity index is 338. The average molecular weight is 175 g/mol. The van der Waals surface area contributed by atoms with Crippen molar-refractivity contribution in [2.75, 3.05) is 0 Å². The molecule has 3 heteroatoms. The van der Waals surface area contributed by atoms with E-state index in [-0.39, 0.29) is 5.70 Å². The third-order valence-corrected chi connectivity index (χ3v) is 1.66. The molecule has 0 bridgehead atoms. The standard InChI is InChI=1S/C10H9NO2/c1-11-9(7-12)10(13)8-5-3-2-4-6-8/h2-7,10,12-13H/b9-7-. The molecule has 0 aliphatic rings. The lowest BCUT2D eigenvalue weighted by molar-refractivity contribution is 0.215. The topological polar surface area (TPSA) is 44.8 Å². The first-order chi connectivity index (χ1) is 6.29. The molecule has 3 nitrogen and oxygen atoms in total. The fraction of sp³-hybridized carbons (Fsp3) is 0.100. The first kappa shape index (κ1) is 9.30. The maximum Gasteiger partial charge on any atom is 0.230 e. The van der Waals surface area contributed by atoms with E-state index in [1.807, 2.05) is 6.07 Å². The number of nitrogens with zero attached hydrogens (tertiary/aromatic N) is 1. The minimum Gasteiger partial charge on any atom is -0.527 e. The summed E-state index contributed by atoms with van der Waals surface area (Å²) in [6.45, 7) is 6.68. The van der Waals surface area contributed by atoms with E-state index in [0.717, 1.165) is 0 Å². The van der Waals surface area contributed by atoms with Gasteiger partial charge in [-0.1, -0.05) is 30.3 Å². The Labute approximate surface area is 76.4 Å². The molecule has 1 atom stereocenters. The Balaban J connectivity index is 2.93. The lowest BCUT2D eigenvalue weighted by atomic mass is 10.1. The SMILES string of the molecule is [C-]#[N+]/C(=C\O)C(O)c1ccccc1. The molecule has 1 rings (SSSR count). The Kier molecular flexibility index (Phi) is 3.07. The number of aliphatic hydroxyl groups is 2. The first-order valence-corrected chi connectivity index (χ1v) is 3.74. The van der Waals surface area contributed by atoms with Crippen LogP contribution < -0.4 is 0 Å². The Morgan fingerprint density at radius 1 is 1.38 bits per heavy atom. The third-order valence-electron chi connectivity index (χ3n) is 1.66. The van der Waals surface area contributed by atoms with E-state index in [2.05, 4.69) is 4.85 Å². The average Bonchev–Trinajstić information content (AvgIpc) is 2.21. The molecule has 0 saturated heterocycles. The molecule has 1 aromatic carbocycles. The van der Waals surface area contributed by atoms with Crippen LogP contribution in [0.2, 0.25) is 0 Å². The van der Waals surface area contributed by atoms with Crippen molar-refractivity contribution in [3.63, 3.8) is 0 Å². The second-order valence-electron chi connectivity index (χ2n) is 2.48. The zero-order chi connectivity index (χ0) is 9.68.